The van der Waals surface area contributed by atoms with Crippen molar-refractivity contribution in [1.82, 2.24) is 15.3 Å². The van der Waals surface area contributed by atoms with E-state index in [-0.39, 0.29) is 0 Å². The lowest BCUT2D eigenvalue weighted by molar-refractivity contribution is 0.399. The van der Waals surface area contributed by atoms with E-state index in [1.165, 1.54) is 12.8 Å². The van der Waals surface area contributed by atoms with Crippen LogP contribution in [0, 0.1) is 5.92 Å². The third-order valence-electron chi connectivity index (χ3n) is 2.85. The van der Waals surface area contributed by atoms with Crippen LogP contribution < -0.4 is 10.2 Å². The number of anilines is 1. The average Bonchev–Trinajstić information content (AvgIpc) is 2.31. The first-order chi connectivity index (χ1) is 7.40. The summed E-state index contributed by atoms with van der Waals surface area (Å²) in [7, 11) is 2.01. The molecule has 4 heteroatoms. The Morgan fingerprint density at radius 1 is 1.47 bits per heavy atom. The molecule has 2 heterocycles. The van der Waals surface area contributed by atoms with Crippen molar-refractivity contribution >= 4 is 5.95 Å². The minimum absolute atomic E-state index is 0.729. The van der Waals surface area contributed by atoms with Crippen LogP contribution in [0.5, 0.6) is 0 Å². The second-order valence-electron chi connectivity index (χ2n) is 4.06. The Balaban J connectivity index is 1.98. The summed E-state index contributed by atoms with van der Waals surface area (Å²) >= 11 is 0. The fourth-order valence-corrected chi connectivity index (χ4v) is 2.16. The van der Waals surface area contributed by atoms with E-state index in [4.69, 9.17) is 0 Å². The molecule has 1 aliphatic heterocycles. The van der Waals surface area contributed by atoms with Gasteiger partial charge in [0.1, 0.15) is 0 Å². The number of nitrogens with one attached hydrogen (secondary N) is 1. The molecule has 0 saturated carbocycles. The molecule has 0 bridgehead atoms. The summed E-state index contributed by atoms with van der Waals surface area (Å²) in [5.74, 6) is 1.60. The largest absolute Gasteiger partial charge is 0.341 e. The predicted octanol–water partition coefficient (Wildman–Crippen LogP) is 0.912. The Labute approximate surface area is 90.7 Å². The van der Waals surface area contributed by atoms with Crippen LogP contribution in [-0.2, 0) is 0 Å². The molecular formula is C11H18N4. The van der Waals surface area contributed by atoms with Crippen LogP contribution in [-0.4, -0.2) is 36.6 Å². The van der Waals surface area contributed by atoms with Crippen molar-refractivity contribution in [2.45, 2.75) is 12.8 Å². The van der Waals surface area contributed by atoms with Crippen molar-refractivity contribution in [3.05, 3.63) is 18.5 Å². The van der Waals surface area contributed by atoms with Gasteiger partial charge in [0.05, 0.1) is 0 Å². The van der Waals surface area contributed by atoms with Crippen LogP contribution in [0.3, 0.4) is 0 Å². The van der Waals surface area contributed by atoms with E-state index in [0.717, 1.165) is 31.5 Å². The molecule has 1 fully saturated rings. The number of rotatable bonds is 3. The van der Waals surface area contributed by atoms with Gasteiger partial charge >= 0.3 is 0 Å². The molecule has 82 valence electrons. The predicted molar refractivity (Wildman–Crippen MR) is 60.9 cm³/mol. The minimum Gasteiger partial charge on any atom is -0.341 e. The van der Waals surface area contributed by atoms with Gasteiger partial charge in [0.2, 0.25) is 5.95 Å². The number of hydrogen-bond acceptors (Lipinski definition) is 4. The molecule has 1 atom stereocenters. The molecule has 0 spiro atoms. The zero-order valence-electron chi connectivity index (χ0n) is 9.19. The van der Waals surface area contributed by atoms with Gasteiger partial charge in [-0.1, -0.05) is 0 Å². The van der Waals surface area contributed by atoms with Crippen LogP contribution in [0.2, 0.25) is 0 Å². The van der Waals surface area contributed by atoms with Crippen LogP contribution in [0.4, 0.5) is 5.95 Å². The second-order valence-corrected chi connectivity index (χ2v) is 4.06. The van der Waals surface area contributed by atoms with Gasteiger partial charge in [-0.3, -0.25) is 0 Å². The quantitative estimate of drug-likeness (QED) is 0.798. The fraction of sp³-hybridized carbons (Fsp3) is 0.636. The van der Waals surface area contributed by atoms with Gasteiger partial charge in [-0.25, -0.2) is 9.97 Å². The first-order valence-corrected chi connectivity index (χ1v) is 5.56. The third-order valence-corrected chi connectivity index (χ3v) is 2.85. The van der Waals surface area contributed by atoms with E-state index >= 15 is 0 Å². The van der Waals surface area contributed by atoms with E-state index in [9.17, 15) is 0 Å². The summed E-state index contributed by atoms with van der Waals surface area (Å²) in [6, 6.07) is 1.86. The molecule has 1 aliphatic rings. The lowest BCUT2D eigenvalue weighted by Crippen LogP contribution is -2.39. The standard InChI is InChI=1S/C11H18N4/c1-12-8-10-4-2-7-15(9-10)11-13-5-3-6-14-11/h3,5-6,10,12H,2,4,7-9H2,1H3/t10-/m1/s1. The molecule has 1 N–H and O–H groups in total. The highest BCUT2D eigenvalue weighted by Gasteiger charge is 2.20. The zero-order valence-corrected chi connectivity index (χ0v) is 9.19. The Bertz CT molecular complexity index is 286. The Morgan fingerprint density at radius 2 is 2.27 bits per heavy atom. The first kappa shape index (κ1) is 10.4. The number of piperidine rings is 1. The summed E-state index contributed by atoms with van der Waals surface area (Å²) < 4.78 is 0. The molecule has 1 aromatic rings. The van der Waals surface area contributed by atoms with E-state index in [1.807, 2.05) is 25.5 Å². The molecule has 0 aliphatic carbocycles. The normalized spacial score (nSPS) is 21.7. The van der Waals surface area contributed by atoms with Gasteiger partial charge in [0, 0.05) is 25.5 Å². The van der Waals surface area contributed by atoms with Gasteiger partial charge in [-0.2, -0.15) is 0 Å². The third kappa shape index (κ3) is 2.65. The molecule has 1 saturated heterocycles. The molecule has 15 heavy (non-hydrogen) atoms. The Hall–Kier alpha value is -1.16. The lowest BCUT2D eigenvalue weighted by atomic mass is 9.98. The maximum atomic E-state index is 4.29. The van der Waals surface area contributed by atoms with E-state index in [1.54, 1.807) is 0 Å². The molecule has 0 radical (unpaired) electrons. The van der Waals surface area contributed by atoms with Crippen LogP contribution >= 0.6 is 0 Å². The maximum Gasteiger partial charge on any atom is 0.225 e. The van der Waals surface area contributed by atoms with Gasteiger partial charge in [0.25, 0.3) is 0 Å². The summed E-state index contributed by atoms with van der Waals surface area (Å²) in [4.78, 5) is 10.9. The summed E-state index contributed by atoms with van der Waals surface area (Å²) in [5.41, 5.74) is 0. The number of aromatic nitrogens is 2. The maximum absolute atomic E-state index is 4.29. The smallest absolute Gasteiger partial charge is 0.225 e. The summed E-state index contributed by atoms with van der Waals surface area (Å²) in [6.07, 6.45) is 6.17. The highest BCUT2D eigenvalue weighted by atomic mass is 15.2. The second kappa shape index (κ2) is 5.07. The van der Waals surface area contributed by atoms with Gasteiger partial charge < -0.3 is 10.2 Å². The van der Waals surface area contributed by atoms with E-state index in [0.29, 0.717) is 0 Å². The van der Waals surface area contributed by atoms with Crippen LogP contribution in [0.1, 0.15) is 12.8 Å². The Kier molecular flexibility index (Phi) is 3.50. The monoisotopic (exact) mass is 206 g/mol. The minimum atomic E-state index is 0.729. The first-order valence-electron chi connectivity index (χ1n) is 5.56. The van der Waals surface area contributed by atoms with Crippen molar-refractivity contribution in [1.29, 1.82) is 0 Å². The zero-order chi connectivity index (χ0) is 10.5. The topological polar surface area (TPSA) is 41.0 Å². The number of nitrogens with zero attached hydrogens (tertiary/aromatic N) is 3. The highest BCUT2D eigenvalue weighted by Crippen LogP contribution is 2.18. The van der Waals surface area contributed by atoms with Crippen molar-refractivity contribution < 1.29 is 0 Å². The van der Waals surface area contributed by atoms with Gasteiger partial charge in [0.15, 0.2) is 0 Å². The van der Waals surface area contributed by atoms with Crippen LogP contribution in [0.15, 0.2) is 18.5 Å². The fourth-order valence-electron chi connectivity index (χ4n) is 2.16. The molecule has 1 aromatic heterocycles. The van der Waals surface area contributed by atoms with Crippen molar-refractivity contribution in [2.24, 2.45) is 5.92 Å². The SMILES string of the molecule is CNC[C@H]1CCCN(c2ncccn2)C1. The number of hydrogen-bond donors (Lipinski definition) is 1. The Morgan fingerprint density at radius 3 is 3.00 bits per heavy atom. The van der Waals surface area contributed by atoms with Gasteiger partial charge in [-0.05, 0) is 38.4 Å². The molecule has 0 amide bonds. The van der Waals surface area contributed by atoms with E-state index < -0.39 is 0 Å². The van der Waals surface area contributed by atoms with Crippen molar-refractivity contribution in [3.8, 4) is 0 Å². The average molecular weight is 206 g/mol. The van der Waals surface area contributed by atoms with Crippen LogP contribution in [0.25, 0.3) is 0 Å². The van der Waals surface area contributed by atoms with Crippen molar-refractivity contribution in [2.75, 3.05) is 31.6 Å². The molecule has 4 nitrogen and oxygen atoms in total. The van der Waals surface area contributed by atoms with E-state index in [2.05, 4.69) is 20.2 Å². The molecule has 0 unspecified atom stereocenters. The molecular weight excluding hydrogens is 188 g/mol. The molecule has 2 rings (SSSR count). The van der Waals surface area contributed by atoms with Gasteiger partial charge in [-0.15, -0.1) is 0 Å². The van der Waals surface area contributed by atoms with Crippen molar-refractivity contribution in [3.63, 3.8) is 0 Å². The lowest BCUT2D eigenvalue weighted by Gasteiger charge is -2.32. The summed E-state index contributed by atoms with van der Waals surface area (Å²) in [5, 5.41) is 3.24. The molecule has 0 aromatic carbocycles. The highest BCUT2D eigenvalue weighted by molar-refractivity contribution is 5.29. The summed E-state index contributed by atoms with van der Waals surface area (Å²) in [6.45, 7) is 3.25.